The molecule has 3 heterocycles. The van der Waals surface area contributed by atoms with Crippen LogP contribution in [-0.2, 0) is 33.2 Å². The lowest BCUT2D eigenvalue weighted by atomic mass is 9.45. The molecule has 7 rings (SSSR count). The van der Waals surface area contributed by atoms with E-state index in [-0.39, 0.29) is 23.0 Å². The first-order chi connectivity index (χ1) is 25.9. The number of fused-ring (bicyclic) bond motifs is 5. The Kier molecular flexibility index (Phi) is 11.6. The van der Waals surface area contributed by atoms with Crippen LogP contribution in [0.2, 0.25) is 0 Å². The van der Waals surface area contributed by atoms with Gasteiger partial charge in [-0.25, -0.2) is 0 Å². The van der Waals surface area contributed by atoms with Crippen molar-refractivity contribution in [1.82, 2.24) is 0 Å². The van der Waals surface area contributed by atoms with E-state index in [9.17, 15) is 50.8 Å². The van der Waals surface area contributed by atoms with Gasteiger partial charge >= 0.3 is 0 Å². The zero-order valence-corrected chi connectivity index (χ0v) is 32.1. The highest BCUT2D eigenvalue weighted by Gasteiger charge is 2.65. The first-order valence-electron chi connectivity index (χ1n) is 19.8. The number of ketones is 1. The molecule has 312 valence electrons. The lowest BCUT2D eigenvalue weighted by Crippen LogP contribution is -2.66. The molecule has 0 aromatic heterocycles. The van der Waals surface area contributed by atoms with Crippen LogP contribution < -0.4 is 0 Å². The van der Waals surface area contributed by atoms with Crippen molar-refractivity contribution in [2.45, 2.75) is 183 Å². The average molecular weight is 785 g/mol. The van der Waals surface area contributed by atoms with Crippen LogP contribution in [0.1, 0.15) is 79.6 Å². The highest BCUT2D eigenvalue weighted by atomic mass is 16.8. The van der Waals surface area contributed by atoms with Crippen LogP contribution in [0.15, 0.2) is 23.3 Å². The first-order valence-corrected chi connectivity index (χ1v) is 19.8. The molecule has 0 aromatic rings. The van der Waals surface area contributed by atoms with Crippen molar-refractivity contribution in [3.05, 3.63) is 23.3 Å². The van der Waals surface area contributed by atoms with Gasteiger partial charge in [-0.1, -0.05) is 31.6 Å². The van der Waals surface area contributed by atoms with Gasteiger partial charge in [0.25, 0.3) is 0 Å². The highest BCUT2D eigenvalue weighted by molar-refractivity contribution is 5.95. The minimum absolute atomic E-state index is 0.00687. The Hall–Kier alpha value is -1.45. The maximum Gasteiger partial charge on any atom is 0.187 e. The quantitative estimate of drug-likeness (QED) is 0.135. The van der Waals surface area contributed by atoms with Crippen LogP contribution in [0, 0.1) is 22.7 Å². The van der Waals surface area contributed by atoms with E-state index in [1.807, 2.05) is 13.0 Å². The Morgan fingerprint density at radius 2 is 1.35 bits per heavy atom. The Morgan fingerprint density at radius 3 is 1.93 bits per heavy atom. The lowest BCUT2D eigenvalue weighted by molar-refractivity contribution is -0.388. The zero-order valence-electron chi connectivity index (χ0n) is 32.1. The summed E-state index contributed by atoms with van der Waals surface area (Å²) < 4.78 is 36.1. The SMILES string of the molecule is CC(=O)C1=CC[C@@]2(O)[C@@H]3CC=C4C[C@@H](O[C@@H]5O[C@H](CO)[C@@H](O[C@@H]6O[C@@H](C)[C@H](O)[C@@H](O)[C@H]6O)[C@H](O)[C@H]5O[C@@H]5O[C@@H](C)[C@H](O)[C@@H](O)[C@H]5O)CC[C@]4(C)[C@H]3CC[C@]12C. The predicted octanol–water partition coefficient (Wildman–Crippen LogP) is -0.922. The normalized spacial score (nSPS) is 54.1. The van der Waals surface area contributed by atoms with Crippen LogP contribution >= 0.6 is 0 Å². The third kappa shape index (κ3) is 6.80. The van der Waals surface area contributed by atoms with Gasteiger partial charge in [-0.2, -0.15) is 0 Å². The summed E-state index contributed by atoms with van der Waals surface area (Å²) in [6.07, 6.45) is -13.8. The second kappa shape index (κ2) is 15.3. The van der Waals surface area contributed by atoms with Crippen molar-refractivity contribution in [1.29, 1.82) is 0 Å². The molecule has 0 unspecified atom stereocenters. The Bertz CT molecular complexity index is 1490. The molecule has 0 aromatic carbocycles. The van der Waals surface area contributed by atoms with Crippen LogP contribution in [0.5, 0.6) is 0 Å². The number of Topliss-reactive ketones (excluding diaryl/α,β-unsaturated/α-hetero) is 1. The fraction of sp³-hybridized carbons (Fsp3) is 0.872. The van der Waals surface area contributed by atoms with Crippen LogP contribution in [0.3, 0.4) is 0 Å². The number of hydrogen-bond acceptors (Lipinski definition) is 16. The van der Waals surface area contributed by atoms with E-state index >= 15 is 0 Å². The van der Waals surface area contributed by atoms with Crippen LogP contribution in [0.4, 0.5) is 0 Å². The summed E-state index contributed by atoms with van der Waals surface area (Å²) in [5.41, 5.74) is 0.0516. The van der Waals surface area contributed by atoms with Gasteiger partial charge in [0, 0.05) is 5.41 Å². The average Bonchev–Trinajstić information content (AvgIpc) is 3.44. The molecule has 3 saturated heterocycles. The molecule has 0 amide bonds. The molecule has 0 spiro atoms. The van der Waals surface area contributed by atoms with E-state index in [1.54, 1.807) is 6.92 Å². The standard InChI is InChI=1S/C39H60O16/c1-16(41)21-10-13-39(49)23-7-6-19-14-20(8-11-37(19,4)22(23)9-12-38(21,39)5)52-36-33(55-35-30(47)28(45)26(43)18(3)51-35)31(48)32(24(15-40)53-36)54-34-29(46)27(44)25(42)17(2)50-34/h6,10,17-18,20,22-36,40,42-49H,7-9,11-15H2,1-5H3/t17-,18-,20-,22-,23+,24+,25-,26-,27+,28+,29+,30+,31-,32+,33+,34-,35-,36+,37-,38+,39+/m0/s1. The van der Waals surface area contributed by atoms with Crippen molar-refractivity contribution in [3.63, 3.8) is 0 Å². The number of aliphatic hydroxyl groups excluding tert-OH is 8. The van der Waals surface area contributed by atoms with Gasteiger partial charge in [0.2, 0.25) is 0 Å². The minimum Gasteiger partial charge on any atom is -0.394 e. The van der Waals surface area contributed by atoms with E-state index in [0.29, 0.717) is 32.1 Å². The van der Waals surface area contributed by atoms with Crippen LogP contribution in [0.25, 0.3) is 0 Å². The fourth-order valence-electron chi connectivity index (χ4n) is 11.0. The third-order valence-corrected chi connectivity index (χ3v) is 14.5. The van der Waals surface area contributed by atoms with E-state index in [4.69, 9.17) is 28.4 Å². The smallest absolute Gasteiger partial charge is 0.187 e. The van der Waals surface area contributed by atoms with Gasteiger partial charge in [0.1, 0.15) is 61.0 Å². The molecule has 0 bridgehead atoms. The first kappa shape index (κ1) is 41.7. The summed E-state index contributed by atoms with van der Waals surface area (Å²) in [6.45, 7) is 8.11. The summed E-state index contributed by atoms with van der Waals surface area (Å²) in [5.74, 6) is 0.159. The van der Waals surface area contributed by atoms with E-state index in [0.717, 1.165) is 18.4 Å². The molecule has 16 nitrogen and oxygen atoms in total. The molecule has 4 aliphatic carbocycles. The highest BCUT2D eigenvalue weighted by Crippen LogP contribution is 2.66. The molecule has 55 heavy (non-hydrogen) atoms. The Balaban J connectivity index is 1.11. The molecule has 3 aliphatic heterocycles. The summed E-state index contributed by atoms with van der Waals surface area (Å²) in [5, 5.41) is 97.5. The zero-order chi connectivity index (χ0) is 39.9. The lowest BCUT2D eigenvalue weighted by Gasteiger charge is -2.61. The molecule has 7 aliphatic rings. The van der Waals surface area contributed by atoms with E-state index in [2.05, 4.69) is 13.0 Å². The van der Waals surface area contributed by atoms with Crippen molar-refractivity contribution in [3.8, 4) is 0 Å². The van der Waals surface area contributed by atoms with Gasteiger partial charge in [-0.15, -0.1) is 0 Å². The number of hydrogen-bond donors (Lipinski definition) is 9. The summed E-state index contributed by atoms with van der Waals surface area (Å²) in [7, 11) is 0. The van der Waals surface area contributed by atoms with Gasteiger partial charge in [0.05, 0.1) is 30.5 Å². The summed E-state index contributed by atoms with van der Waals surface area (Å²) in [6, 6.07) is 0. The van der Waals surface area contributed by atoms with Crippen molar-refractivity contribution < 1.29 is 79.2 Å². The van der Waals surface area contributed by atoms with Gasteiger partial charge in [-0.3, -0.25) is 4.79 Å². The number of aliphatic hydroxyl groups is 9. The van der Waals surface area contributed by atoms with Crippen molar-refractivity contribution in [2.75, 3.05) is 6.61 Å². The predicted molar refractivity (Wildman–Crippen MR) is 188 cm³/mol. The number of carbonyl (C=O) groups is 1. The summed E-state index contributed by atoms with van der Waals surface area (Å²) in [4.78, 5) is 12.6. The van der Waals surface area contributed by atoms with E-state index in [1.165, 1.54) is 19.4 Å². The number of ether oxygens (including phenoxy) is 6. The number of carbonyl (C=O) groups excluding carboxylic acids is 1. The Morgan fingerprint density at radius 1 is 0.745 bits per heavy atom. The molecule has 21 atom stereocenters. The van der Waals surface area contributed by atoms with Crippen molar-refractivity contribution in [2.24, 2.45) is 22.7 Å². The van der Waals surface area contributed by atoms with Crippen molar-refractivity contribution >= 4 is 5.78 Å². The number of rotatable bonds is 8. The van der Waals surface area contributed by atoms with Gasteiger partial charge in [0.15, 0.2) is 24.7 Å². The molecular formula is C39H60O16. The van der Waals surface area contributed by atoms with Gasteiger partial charge in [-0.05, 0) is 88.5 Å². The molecule has 16 heteroatoms. The molecule has 0 radical (unpaired) electrons. The largest absolute Gasteiger partial charge is 0.394 e. The summed E-state index contributed by atoms with van der Waals surface area (Å²) >= 11 is 0. The molecular weight excluding hydrogens is 724 g/mol. The Labute approximate surface area is 320 Å². The molecule has 9 N–H and O–H groups in total. The maximum atomic E-state index is 12.6. The van der Waals surface area contributed by atoms with Crippen LogP contribution in [-0.4, -0.2) is 162 Å². The van der Waals surface area contributed by atoms with E-state index < -0.39 is 116 Å². The second-order valence-corrected chi connectivity index (χ2v) is 17.5. The monoisotopic (exact) mass is 784 g/mol. The second-order valence-electron chi connectivity index (χ2n) is 17.5. The maximum absolute atomic E-state index is 12.6. The number of allylic oxidation sites excluding steroid dienone is 1. The fourth-order valence-corrected chi connectivity index (χ4v) is 11.0. The minimum atomic E-state index is -1.74. The molecule has 2 saturated carbocycles. The third-order valence-electron chi connectivity index (χ3n) is 14.5. The van der Waals surface area contributed by atoms with Gasteiger partial charge < -0.3 is 74.4 Å². The molecule has 5 fully saturated rings. The topological polar surface area (TPSA) is 255 Å².